The molecule has 86 valence electrons. The lowest BCUT2D eigenvalue weighted by molar-refractivity contribution is 1.29. The Hall–Kier alpha value is -0.870. The van der Waals surface area contributed by atoms with Gasteiger partial charge in [-0.25, -0.2) is 4.98 Å². The van der Waals surface area contributed by atoms with Gasteiger partial charge in [-0.2, -0.15) is 0 Å². The molecule has 0 aliphatic rings. The molecule has 0 saturated heterocycles. The molecule has 1 aromatic carbocycles. The second kappa shape index (κ2) is 5.46. The summed E-state index contributed by atoms with van der Waals surface area (Å²) in [7, 11) is 0. The minimum Gasteiger partial charge on any atom is -0.331 e. The molecule has 0 radical (unpaired) electrons. The molecule has 16 heavy (non-hydrogen) atoms. The maximum Gasteiger partial charge on any atom is 0.187 e. The summed E-state index contributed by atoms with van der Waals surface area (Å²) in [6, 6.07) is 4.37. The quantitative estimate of drug-likeness (QED) is 0.889. The molecule has 0 saturated carbocycles. The zero-order valence-electron chi connectivity index (χ0n) is 9.57. The van der Waals surface area contributed by atoms with E-state index < -0.39 is 0 Å². The molecule has 0 fully saturated rings. The molecule has 1 N–H and O–H groups in total. The molecule has 0 unspecified atom stereocenters. The molecule has 0 aliphatic carbocycles. The second-order valence-corrected chi connectivity index (χ2v) is 4.63. The van der Waals surface area contributed by atoms with E-state index in [1.54, 1.807) is 11.3 Å². The van der Waals surface area contributed by atoms with Gasteiger partial charge in [0.2, 0.25) is 0 Å². The van der Waals surface area contributed by atoms with Crippen molar-refractivity contribution in [3.63, 3.8) is 0 Å². The van der Waals surface area contributed by atoms with Gasteiger partial charge in [-0.05, 0) is 31.9 Å². The number of anilines is 2. The van der Waals surface area contributed by atoms with Crippen LogP contribution in [0.2, 0.25) is 0 Å². The molecule has 0 aliphatic heterocycles. The highest BCUT2D eigenvalue weighted by atomic mass is 79.9. The molecule has 4 heteroatoms. The van der Waals surface area contributed by atoms with Gasteiger partial charge in [0.25, 0.3) is 0 Å². The van der Waals surface area contributed by atoms with E-state index >= 15 is 0 Å². The van der Waals surface area contributed by atoms with Crippen molar-refractivity contribution in [1.29, 1.82) is 0 Å². The van der Waals surface area contributed by atoms with Crippen molar-refractivity contribution in [3.05, 3.63) is 40.4 Å². The van der Waals surface area contributed by atoms with Crippen LogP contribution in [0.4, 0.5) is 10.8 Å². The third-order valence-electron chi connectivity index (χ3n) is 2.34. The molecule has 0 bridgehead atoms. The number of rotatable bonds is 2. The second-order valence-electron chi connectivity index (χ2n) is 3.74. The Morgan fingerprint density at radius 3 is 2.25 bits per heavy atom. The Balaban J connectivity index is 0.00000128. The van der Waals surface area contributed by atoms with E-state index in [0.717, 1.165) is 5.13 Å². The van der Waals surface area contributed by atoms with Crippen molar-refractivity contribution in [1.82, 2.24) is 4.98 Å². The molecule has 2 nitrogen and oxygen atoms in total. The summed E-state index contributed by atoms with van der Waals surface area (Å²) in [4.78, 5) is 4.22. The van der Waals surface area contributed by atoms with Crippen LogP contribution in [0, 0.1) is 20.8 Å². The SMILES string of the molecule is Br.Cc1cc(C)c(Nc2nccs2)c(C)c1. The lowest BCUT2D eigenvalue weighted by Crippen LogP contribution is -1.96. The smallest absolute Gasteiger partial charge is 0.187 e. The van der Waals surface area contributed by atoms with E-state index in [2.05, 4.69) is 43.2 Å². The van der Waals surface area contributed by atoms with Crippen molar-refractivity contribution < 1.29 is 0 Å². The molecule has 0 atom stereocenters. The minimum absolute atomic E-state index is 0. The monoisotopic (exact) mass is 298 g/mol. The van der Waals surface area contributed by atoms with Crippen LogP contribution in [-0.2, 0) is 0 Å². The zero-order valence-corrected chi connectivity index (χ0v) is 12.1. The van der Waals surface area contributed by atoms with Gasteiger partial charge in [0, 0.05) is 17.3 Å². The van der Waals surface area contributed by atoms with Gasteiger partial charge in [-0.15, -0.1) is 28.3 Å². The summed E-state index contributed by atoms with van der Waals surface area (Å²) in [5.41, 5.74) is 5.01. The molecule has 0 spiro atoms. The van der Waals surface area contributed by atoms with Gasteiger partial charge in [0.1, 0.15) is 0 Å². The Kier molecular flexibility index (Phi) is 4.50. The molecular weight excluding hydrogens is 284 g/mol. The van der Waals surface area contributed by atoms with Gasteiger partial charge < -0.3 is 5.32 Å². The fourth-order valence-electron chi connectivity index (χ4n) is 1.77. The molecule has 2 rings (SSSR count). The minimum atomic E-state index is 0. The number of halogens is 1. The molecule has 1 heterocycles. The van der Waals surface area contributed by atoms with E-state index in [9.17, 15) is 0 Å². The molecule has 2 aromatic rings. The first-order valence-corrected chi connectivity index (χ1v) is 5.79. The first kappa shape index (κ1) is 13.2. The first-order chi connectivity index (χ1) is 7.16. The van der Waals surface area contributed by atoms with Gasteiger partial charge in [-0.1, -0.05) is 17.7 Å². The number of nitrogens with one attached hydrogen (secondary N) is 1. The van der Waals surface area contributed by atoms with E-state index in [0.29, 0.717) is 0 Å². The Morgan fingerprint density at radius 1 is 1.12 bits per heavy atom. The molecule has 0 amide bonds. The summed E-state index contributed by atoms with van der Waals surface area (Å²) in [6.45, 7) is 6.36. The average Bonchev–Trinajstić information content (AvgIpc) is 2.63. The van der Waals surface area contributed by atoms with Crippen LogP contribution < -0.4 is 5.32 Å². The maximum absolute atomic E-state index is 4.22. The van der Waals surface area contributed by atoms with Crippen LogP contribution in [-0.4, -0.2) is 4.98 Å². The van der Waals surface area contributed by atoms with E-state index in [4.69, 9.17) is 0 Å². The van der Waals surface area contributed by atoms with Crippen LogP contribution in [0.3, 0.4) is 0 Å². The number of thiazole rings is 1. The van der Waals surface area contributed by atoms with Crippen LogP contribution in [0.5, 0.6) is 0 Å². The fourth-order valence-corrected chi connectivity index (χ4v) is 2.30. The third kappa shape index (κ3) is 2.83. The number of aryl methyl sites for hydroxylation is 3. The van der Waals surface area contributed by atoms with E-state index in [1.165, 1.54) is 22.4 Å². The lowest BCUT2D eigenvalue weighted by atomic mass is 10.1. The summed E-state index contributed by atoms with van der Waals surface area (Å²) in [5.74, 6) is 0. The van der Waals surface area contributed by atoms with E-state index in [1.807, 2.05) is 11.6 Å². The summed E-state index contributed by atoms with van der Waals surface area (Å²) >= 11 is 1.62. The van der Waals surface area contributed by atoms with E-state index in [-0.39, 0.29) is 17.0 Å². The van der Waals surface area contributed by atoms with Gasteiger partial charge in [-0.3, -0.25) is 0 Å². The predicted molar refractivity (Wildman–Crippen MR) is 76.4 cm³/mol. The largest absolute Gasteiger partial charge is 0.331 e. The van der Waals surface area contributed by atoms with Gasteiger partial charge >= 0.3 is 0 Å². The fraction of sp³-hybridized carbons (Fsp3) is 0.250. The number of aromatic nitrogens is 1. The van der Waals surface area contributed by atoms with Crippen LogP contribution in [0.1, 0.15) is 16.7 Å². The highest BCUT2D eigenvalue weighted by Crippen LogP contribution is 2.26. The van der Waals surface area contributed by atoms with Gasteiger partial charge in [0.15, 0.2) is 5.13 Å². The Bertz CT molecular complexity index is 443. The maximum atomic E-state index is 4.22. The van der Waals surface area contributed by atoms with Crippen molar-refractivity contribution >= 4 is 39.1 Å². The lowest BCUT2D eigenvalue weighted by Gasteiger charge is -2.11. The summed E-state index contributed by atoms with van der Waals surface area (Å²) in [6.07, 6.45) is 1.81. The Morgan fingerprint density at radius 2 is 1.75 bits per heavy atom. The normalized spacial score (nSPS) is 9.69. The van der Waals surface area contributed by atoms with Crippen molar-refractivity contribution in [2.75, 3.05) is 5.32 Å². The van der Waals surface area contributed by atoms with Gasteiger partial charge in [0.05, 0.1) is 0 Å². The van der Waals surface area contributed by atoms with Crippen molar-refractivity contribution in [3.8, 4) is 0 Å². The van der Waals surface area contributed by atoms with Crippen molar-refractivity contribution in [2.45, 2.75) is 20.8 Å². The summed E-state index contributed by atoms with van der Waals surface area (Å²) in [5, 5.41) is 6.28. The Labute approximate surface area is 111 Å². The number of nitrogens with zero attached hydrogens (tertiary/aromatic N) is 1. The topological polar surface area (TPSA) is 24.9 Å². The first-order valence-electron chi connectivity index (χ1n) is 4.91. The molecular formula is C12H15BrN2S. The molecule has 1 aromatic heterocycles. The number of benzene rings is 1. The standard InChI is InChI=1S/C12H14N2S.BrH/c1-8-6-9(2)11(10(3)7-8)14-12-13-4-5-15-12;/h4-7H,1-3H3,(H,13,14);1H. The highest BCUT2D eigenvalue weighted by Gasteiger charge is 2.04. The highest BCUT2D eigenvalue weighted by molar-refractivity contribution is 8.93. The number of hydrogen-bond donors (Lipinski definition) is 1. The zero-order chi connectivity index (χ0) is 10.8. The average molecular weight is 299 g/mol. The van der Waals surface area contributed by atoms with Crippen LogP contribution >= 0.6 is 28.3 Å². The van der Waals surface area contributed by atoms with Crippen LogP contribution in [0.25, 0.3) is 0 Å². The van der Waals surface area contributed by atoms with Crippen LogP contribution in [0.15, 0.2) is 23.7 Å². The summed E-state index contributed by atoms with van der Waals surface area (Å²) < 4.78 is 0. The predicted octanol–water partition coefficient (Wildman–Crippen LogP) is 4.39. The number of hydrogen-bond acceptors (Lipinski definition) is 3. The third-order valence-corrected chi connectivity index (χ3v) is 3.03. The van der Waals surface area contributed by atoms with Crippen molar-refractivity contribution in [2.24, 2.45) is 0 Å².